The highest BCUT2D eigenvalue weighted by Gasteiger charge is 2.44. The number of halogens is 3. The van der Waals surface area contributed by atoms with E-state index in [0.717, 1.165) is 5.56 Å². The van der Waals surface area contributed by atoms with E-state index in [9.17, 15) is 13.2 Å². The molecule has 0 aliphatic carbocycles. The van der Waals surface area contributed by atoms with Gasteiger partial charge in [0.2, 0.25) is 0 Å². The van der Waals surface area contributed by atoms with Gasteiger partial charge in [-0.1, -0.05) is 6.07 Å². The van der Waals surface area contributed by atoms with Gasteiger partial charge in [-0.2, -0.15) is 13.2 Å². The molecule has 1 atom stereocenters. The maximum atomic E-state index is 12.6. The maximum absolute atomic E-state index is 12.6. The first-order chi connectivity index (χ1) is 8.02. The number of aromatic nitrogens is 1. The Kier molecular flexibility index (Phi) is 3.24. The summed E-state index contributed by atoms with van der Waals surface area (Å²) in [5, 5.41) is 0. The third-order valence-electron chi connectivity index (χ3n) is 3.04. The van der Waals surface area contributed by atoms with Gasteiger partial charge in [0.05, 0.1) is 5.92 Å². The van der Waals surface area contributed by atoms with Crippen LogP contribution in [0.25, 0.3) is 0 Å². The Morgan fingerprint density at radius 3 is 2.82 bits per heavy atom. The molecule has 1 fully saturated rings. The second-order valence-corrected chi connectivity index (χ2v) is 4.16. The minimum atomic E-state index is -4.12. The first-order valence-corrected chi connectivity index (χ1v) is 5.48. The molecule has 1 aliphatic heterocycles. The fourth-order valence-corrected chi connectivity index (χ4v) is 2.09. The molecule has 1 aliphatic rings. The molecular formula is C11H14F3N3. The normalized spacial score (nSPS) is 20.9. The van der Waals surface area contributed by atoms with Crippen molar-refractivity contribution in [2.24, 2.45) is 11.7 Å². The van der Waals surface area contributed by atoms with Crippen LogP contribution in [0.15, 0.2) is 18.3 Å². The van der Waals surface area contributed by atoms with Crippen LogP contribution in [0.5, 0.6) is 0 Å². The molecule has 0 aromatic carbocycles. The average molecular weight is 245 g/mol. The Morgan fingerprint density at radius 1 is 1.47 bits per heavy atom. The monoisotopic (exact) mass is 245 g/mol. The van der Waals surface area contributed by atoms with Crippen molar-refractivity contribution in [3.05, 3.63) is 23.9 Å². The van der Waals surface area contributed by atoms with E-state index < -0.39 is 12.1 Å². The second-order valence-electron chi connectivity index (χ2n) is 4.16. The standard InChI is InChI=1S/C11H14F3N3/c12-11(13,14)9-3-5-17(7-9)10-8(6-15)2-1-4-16-10/h1-2,4,9H,3,5-7,15H2. The van der Waals surface area contributed by atoms with Gasteiger partial charge in [-0.05, 0) is 12.5 Å². The van der Waals surface area contributed by atoms with Crippen molar-refractivity contribution in [2.45, 2.75) is 19.1 Å². The van der Waals surface area contributed by atoms with E-state index in [1.54, 1.807) is 23.2 Å². The minimum Gasteiger partial charge on any atom is -0.356 e. The van der Waals surface area contributed by atoms with Crippen LogP contribution in [0.4, 0.5) is 19.0 Å². The zero-order valence-electron chi connectivity index (χ0n) is 9.24. The lowest BCUT2D eigenvalue weighted by molar-refractivity contribution is -0.168. The lowest BCUT2D eigenvalue weighted by Gasteiger charge is -2.20. The van der Waals surface area contributed by atoms with Gasteiger partial charge >= 0.3 is 6.18 Å². The number of nitrogens with zero attached hydrogens (tertiary/aromatic N) is 2. The molecule has 3 nitrogen and oxygen atoms in total. The van der Waals surface area contributed by atoms with Crippen molar-refractivity contribution >= 4 is 5.82 Å². The van der Waals surface area contributed by atoms with Gasteiger partial charge in [0.25, 0.3) is 0 Å². The molecular weight excluding hydrogens is 231 g/mol. The Morgan fingerprint density at radius 2 is 2.24 bits per heavy atom. The summed E-state index contributed by atoms with van der Waals surface area (Å²) in [7, 11) is 0. The van der Waals surface area contributed by atoms with Crippen molar-refractivity contribution in [3.8, 4) is 0 Å². The highest BCUT2D eigenvalue weighted by Crippen LogP contribution is 2.35. The fraction of sp³-hybridized carbons (Fsp3) is 0.545. The minimum absolute atomic E-state index is 0.0203. The molecule has 1 saturated heterocycles. The van der Waals surface area contributed by atoms with Gasteiger partial charge in [0.15, 0.2) is 0 Å². The molecule has 0 radical (unpaired) electrons. The van der Waals surface area contributed by atoms with Gasteiger partial charge in [0.1, 0.15) is 5.82 Å². The van der Waals surface area contributed by atoms with Gasteiger partial charge in [-0.15, -0.1) is 0 Å². The third-order valence-corrected chi connectivity index (χ3v) is 3.04. The summed E-state index contributed by atoms with van der Waals surface area (Å²) in [5.41, 5.74) is 6.34. The van der Waals surface area contributed by atoms with Crippen LogP contribution in [-0.4, -0.2) is 24.2 Å². The van der Waals surface area contributed by atoms with Crippen LogP contribution >= 0.6 is 0 Å². The number of hydrogen-bond acceptors (Lipinski definition) is 3. The molecule has 1 aromatic heterocycles. The molecule has 17 heavy (non-hydrogen) atoms. The van der Waals surface area contributed by atoms with E-state index in [1.807, 2.05) is 0 Å². The summed E-state index contributed by atoms with van der Waals surface area (Å²) in [6.07, 6.45) is -2.41. The summed E-state index contributed by atoms with van der Waals surface area (Å²) >= 11 is 0. The first kappa shape index (κ1) is 12.2. The predicted octanol–water partition coefficient (Wildman–Crippen LogP) is 1.93. The van der Waals surface area contributed by atoms with E-state index >= 15 is 0 Å². The summed E-state index contributed by atoms with van der Waals surface area (Å²) in [4.78, 5) is 5.79. The average Bonchev–Trinajstić information content (AvgIpc) is 2.77. The molecule has 1 unspecified atom stereocenters. The highest BCUT2D eigenvalue weighted by atomic mass is 19.4. The van der Waals surface area contributed by atoms with E-state index in [-0.39, 0.29) is 19.5 Å². The Balaban J connectivity index is 2.15. The number of pyridine rings is 1. The molecule has 6 heteroatoms. The van der Waals surface area contributed by atoms with Crippen molar-refractivity contribution in [3.63, 3.8) is 0 Å². The Labute approximate surface area is 97.4 Å². The summed E-state index contributed by atoms with van der Waals surface area (Å²) in [6, 6.07) is 3.53. The number of anilines is 1. The zero-order chi connectivity index (χ0) is 12.5. The molecule has 94 valence electrons. The van der Waals surface area contributed by atoms with Crippen LogP contribution in [0, 0.1) is 5.92 Å². The predicted molar refractivity (Wildman–Crippen MR) is 58.5 cm³/mol. The first-order valence-electron chi connectivity index (χ1n) is 5.48. The van der Waals surface area contributed by atoms with E-state index in [4.69, 9.17) is 5.73 Å². The van der Waals surface area contributed by atoms with Crippen LogP contribution in [0.2, 0.25) is 0 Å². The molecule has 2 N–H and O–H groups in total. The Bertz CT molecular complexity index is 392. The summed E-state index contributed by atoms with van der Waals surface area (Å²) < 4.78 is 37.7. The number of rotatable bonds is 2. The van der Waals surface area contributed by atoms with E-state index in [0.29, 0.717) is 12.4 Å². The van der Waals surface area contributed by atoms with Crippen molar-refractivity contribution in [1.29, 1.82) is 0 Å². The number of nitrogens with two attached hydrogens (primary N) is 1. The summed E-state index contributed by atoms with van der Waals surface area (Å²) in [5.74, 6) is -0.670. The van der Waals surface area contributed by atoms with Crippen LogP contribution in [0.3, 0.4) is 0 Å². The van der Waals surface area contributed by atoms with Gasteiger partial charge in [-0.3, -0.25) is 0 Å². The topological polar surface area (TPSA) is 42.1 Å². The molecule has 0 bridgehead atoms. The molecule has 1 aromatic rings. The lowest BCUT2D eigenvalue weighted by atomic mass is 10.1. The molecule has 0 saturated carbocycles. The lowest BCUT2D eigenvalue weighted by Crippen LogP contribution is -2.28. The van der Waals surface area contributed by atoms with E-state index in [2.05, 4.69) is 4.98 Å². The van der Waals surface area contributed by atoms with Crippen LogP contribution < -0.4 is 10.6 Å². The molecule has 2 heterocycles. The third kappa shape index (κ3) is 2.52. The van der Waals surface area contributed by atoms with Crippen molar-refractivity contribution in [2.75, 3.05) is 18.0 Å². The fourth-order valence-electron chi connectivity index (χ4n) is 2.09. The molecule has 0 spiro atoms. The quantitative estimate of drug-likeness (QED) is 0.865. The molecule has 2 rings (SSSR count). The highest BCUT2D eigenvalue weighted by molar-refractivity contribution is 5.47. The van der Waals surface area contributed by atoms with Crippen molar-refractivity contribution < 1.29 is 13.2 Å². The largest absolute Gasteiger partial charge is 0.393 e. The van der Waals surface area contributed by atoms with Gasteiger partial charge in [0, 0.05) is 31.4 Å². The maximum Gasteiger partial charge on any atom is 0.393 e. The van der Waals surface area contributed by atoms with Crippen molar-refractivity contribution in [1.82, 2.24) is 4.98 Å². The van der Waals surface area contributed by atoms with E-state index in [1.165, 1.54) is 0 Å². The second kappa shape index (κ2) is 4.52. The van der Waals surface area contributed by atoms with Crippen LogP contribution in [0.1, 0.15) is 12.0 Å². The van der Waals surface area contributed by atoms with Gasteiger partial charge in [-0.25, -0.2) is 4.98 Å². The SMILES string of the molecule is NCc1cccnc1N1CCC(C(F)(F)F)C1. The summed E-state index contributed by atoms with van der Waals surface area (Å²) in [6.45, 7) is 0.651. The Hall–Kier alpha value is -1.30. The number of alkyl halides is 3. The zero-order valence-corrected chi connectivity index (χ0v) is 9.24. The number of hydrogen-bond donors (Lipinski definition) is 1. The van der Waals surface area contributed by atoms with Gasteiger partial charge < -0.3 is 10.6 Å². The smallest absolute Gasteiger partial charge is 0.356 e. The van der Waals surface area contributed by atoms with Crippen LogP contribution in [-0.2, 0) is 6.54 Å². The molecule has 0 amide bonds.